The van der Waals surface area contributed by atoms with Gasteiger partial charge in [0.2, 0.25) is 0 Å². The highest BCUT2D eigenvalue weighted by Crippen LogP contribution is 2.33. The Kier molecular flexibility index (Phi) is 2.38. The summed E-state index contributed by atoms with van der Waals surface area (Å²) in [7, 11) is 0. The average molecular weight is 226 g/mol. The van der Waals surface area contributed by atoms with E-state index in [2.05, 4.69) is 0 Å². The van der Waals surface area contributed by atoms with Crippen molar-refractivity contribution in [2.75, 3.05) is 0 Å². The Labute approximate surface area is 91.7 Å². The zero-order valence-electron chi connectivity index (χ0n) is 8.96. The molecule has 1 unspecified atom stereocenters. The summed E-state index contributed by atoms with van der Waals surface area (Å²) in [6, 6.07) is 0.253. The fourth-order valence-corrected chi connectivity index (χ4v) is 1.58. The number of rotatable bonds is 4. The summed E-state index contributed by atoms with van der Waals surface area (Å²) >= 11 is 0. The van der Waals surface area contributed by atoms with Crippen LogP contribution in [0, 0.1) is 0 Å². The number of aromatic nitrogens is 2. The van der Waals surface area contributed by atoms with Crippen LogP contribution in [0.2, 0.25) is 0 Å². The first-order chi connectivity index (χ1) is 7.42. The number of hydrogen-bond acceptors (Lipinski definition) is 3. The van der Waals surface area contributed by atoms with Crippen molar-refractivity contribution >= 4 is 5.97 Å². The number of carbonyl (C=O) groups is 1. The van der Waals surface area contributed by atoms with Gasteiger partial charge < -0.3 is 10.2 Å². The number of imidazole rings is 1. The highest BCUT2D eigenvalue weighted by atomic mass is 16.4. The molecule has 1 aliphatic rings. The molecule has 0 amide bonds. The lowest BCUT2D eigenvalue weighted by atomic mass is 10.1. The van der Waals surface area contributed by atoms with E-state index in [1.807, 2.05) is 0 Å². The van der Waals surface area contributed by atoms with Crippen molar-refractivity contribution in [2.24, 2.45) is 0 Å². The van der Waals surface area contributed by atoms with E-state index in [0.717, 1.165) is 12.8 Å². The van der Waals surface area contributed by atoms with Crippen molar-refractivity contribution in [1.82, 2.24) is 9.13 Å². The van der Waals surface area contributed by atoms with Crippen molar-refractivity contribution in [3.8, 4) is 0 Å². The molecule has 2 rings (SSSR count). The molecule has 88 valence electrons. The van der Waals surface area contributed by atoms with Crippen LogP contribution in [0.1, 0.15) is 25.8 Å². The fourth-order valence-electron chi connectivity index (χ4n) is 1.58. The van der Waals surface area contributed by atoms with E-state index in [-0.39, 0.29) is 18.3 Å². The molecule has 0 aromatic carbocycles. The van der Waals surface area contributed by atoms with Crippen molar-refractivity contribution in [2.45, 2.75) is 38.0 Å². The molecular formula is C10H14N2O4. The van der Waals surface area contributed by atoms with Crippen LogP contribution in [-0.4, -0.2) is 30.9 Å². The number of hydrogen-bond donors (Lipinski definition) is 2. The van der Waals surface area contributed by atoms with E-state index in [1.165, 1.54) is 17.7 Å². The van der Waals surface area contributed by atoms with Crippen LogP contribution in [0.5, 0.6) is 0 Å². The smallest absolute Gasteiger partial charge is 0.337 e. The first-order valence-electron chi connectivity index (χ1n) is 5.15. The quantitative estimate of drug-likeness (QED) is 0.746. The Bertz CT molecular complexity index is 467. The number of carboxylic acids is 1. The second-order valence-electron chi connectivity index (χ2n) is 4.43. The molecule has 16 heavy (non-hydrogen) atoms. The first kappa shape index (κ1) is 10.9. The van der Waals surface area contributed by atoms with Crippen molar-refractivity contribution in [1.29, 1.82) is 0 Å². The van der Waals surface area contributed by atoms with Crippen LogP contribution in [0.15, 0.2) is 17.2 Å². The minimum absolute atomic E-state index is 0.235. The summed E-state index contributed by atoms with van der Waals surface area (Å²) in [4.78, 5) is 22.5. The fraction of sp³-hybridized carbons (Fsp3) is 0.600. The lowest BCUT2D eigenvalue weighted by Crippen LogP contribution is -2.42. The van der Waals surface area contributed by atoms with Crippen molar-refractivity contribution < 1.29 is 15.0 Å². The number of carboxylic acid groups (broad SMARTS) is 1. The Balaban J connectivity index is 2.22. The SMILES string of the molecule is CC(O)(Cn1ccn(C2CC2)c1=O)C(=O)O. The van der Waals surface area contributed by atoms with E-state index in [1.54, 1.807) is 10.8 Å². The summed E-state index contributed by atoms with van der Waals surface area (Å²) in [5.74, 6) is -1.33. The molecular weight excluding hydrogens is 212 g/mol. The Morgan fingerprint density at radius 1 is 1.56 bits per heavy atom. The largest absolute Gasteiger partial charge is 0.479 e. The van der Waals surface area contributed by atoms with Gasteiger partial charge in [0.1, 0.15) is 0 Å². The third-order valence-corrected chi connectivity index (χ3v) is 2.75. The van der Waals surface area contributed by atoms with Gasteiger partial charge in [0.15, 0.2) is 5.60 Å². The predicted octanol–water partition coefficient (Wildman–Crippen LogP) is -0.180. The monoisotopic (exact) mass is 226 g/mol. The lowest BCUT2D eigenvalue weighted by Gasteiger charge is -2.17. The van der Waals surface area contributed by atoms with E-state index in [0.29, 0.717) is 0 Å². The van der Waals surface area contributed by atoms with E-state index in [4.69, 9.17) is 5.11 Å². The topological polar surface area (TPSA) is 84.5 Å². The van der Waals surface area contributed by atoms with E-state index >= 15 is 0 Å². The second-order valence-corrected chi connectivity index (χ2v) is 4.43. The van der Waals surface area contributed by atoms with Crippen LogP contribution in [0.3, 0.4) is 0 Å². The predicted molar refractivity (Wildman–Crippen MR) is 55.2 cm³/mol. The average Bonchev–Trinajstić information content (AvgIpc) is 2.95. The maximum atomic E-state index is 11.8. The highest BCUT2D eigenvalue weighted by Gasteiger charge is 2.32. The van der Waals surface area contributed by atoms with Gasteiger partial charge in [0.25, 0.3) is 0 Å². The molecule has 0 saturated heterocycles. The highest BCUT2D eigenvalue weighted by molar-refractivity contribution is 5.76. The van der Waals surface area contributed by atoms with E-state index < -0.39 is 11.6 Å². The zero-order valence-corrected chi connectivity index (χ0v) is 8.96. The molecule has 1 heterocycles. The molecule has 6 heteroatoms. The minimum atomic E-state index is -1.92. The molecule has 0 spiro atoms. The molecule has 2 N–H and O–H groups in total. The molecule has 1 atom stereocenters. The maximum Gasteiger partial charge on any atom is 0.337 e. The van der Waals surface area contributed by atoms with Crippen LogP contribution in [0.25, 0.3) is 0 Å². The van der Waals surface area contributed by atoms with Gasteiger partial charge in [-0.15, -0.1) is 0 Å². The van der Waals surface area contributed by atoms with Crippen LogP contribution in [0.4, 0.5) is 0 Å². The third-order valence-electron chi connectivity index (χ3n) is 2.75. The molecule has 0 radical (unpaired) electrons. The van der Waals surface area contributed by atoms with Crippen LogP contribution in [-0.2, 0) is 11.3 Å². The molecule has 6 nitrogen and oxygen atoms in total. The standard InChI is InChI=1S/C10H14N2O4/c1-10(16,8(13)14)6-11-4-5-12(9(11)15)7-2-3-7/h4-5,7,16H,2-3,6H2,1H3,(H,13,14). The van der Waals surface area contributed by atoms with Gasteiger partial charge in [-0.25, -0.2) is 9.59 Å². The van der Waals surface area contributed by atoms with Gasteiger partial charge in [0.05, 0.1) is 6.54 Å². The van der Waals surface area contributed by atoms with Crippen molar-refractivity contribution in [3.63, 3.8) is 0 Å². The maximum absolute atomic E-state index is 11.8. The van der Waals surface area contributed by atoms with Crippen LogP contribution < -0.4 is 5.69 Å². The number of aliphatic hydroxyl groups is 1. The minimum Gasteiger partial charge on any atom is -0.479 e. The Hall–Kier alpha value is -1.56. The molecule has 1 saturated carbocycles. The third kappa shape index (κ3) is 1.88. The van der Waals surface area contributed by atoms with Gasteiger partial charge in [-0.1, -0.05) is 0 Å². The van der Waals surface area contributed by atoms with Gasteiger partial charge in [-0.2, -0.15) is 0 Å². The molecule has 1 aromatic heterocycles. The van der Waals surface area contributed by atoms with Gasteiger partial charge in [-0.3, -0.25) is 9.13 Å². The summed E-state index contributed by atoms with van der Waals surface area (Å²) in [6.07, 6.45) is 5.12. The van der Waals surface area contributed by atoms with Crippen molar-refractivity contribution in [3.05, 3.63) is 22.9 Å². The molecule has 1 aromatic rings. The number of nitrogens with zero attached hydrogens (tertiary/aromatic N) is 2. The molecule has 0 bridgehead atoms. The molecule has 1 aliphatic carbocycles. The summed E-state index contributed by atoms with van der Waals surface area (Å²) in [5, 5.41) is 18.3. The summed E-state index contributed by atoms with van der Waals surface area (Å²) < 4.78 is 2.81. The van der Waals surface area contributed by atoms with E-state index in [9.17, 15) is 14.7 Å². The number of aliphatic carboxylic acids is 1. The molecule has 0 aliphatic heterocycles. The van der Waals surface area contributed by atoms with Gasteiger partial charge >= 0.3 is 11.7 Å². The first-order valence-corrected chi connectivity index (χ1v) is 5.15. The zero-order chi connectivity index (χ0) is 11.9. The van der Waals surface area contributed by atoms with Gasteiger partial charge in [0, 0.05) is 18.4 Å². The second kappa shape index (κ2) is 3.48. The lowest BCUT2D eigenvalue weighted by molar-refractivity contribution is -0.157. The molecule has 1 fully saturated rings. The Morgan fingerprint density at radius 3 is 2.69 bits per heavy atom. The summed E-state index contributed by atoms with van der Waals surface area (Å²) in [5.41, 5.74) is -2.18. The normalized spacial score (nSPS) is 19.4. The van der Waals surface area contributed by atoms with Gasteiger partial charge in [-0.05, 0) is 19.8 Å². The van der Waals surface area contributed by atoms with Crippen LogP contribution >= 0.6 is 0 Å². The Morgan fingerprint density at radius 2 is 2.19 bits per heavy atom. The summed E-state index contributed by atoms with van der Waals surface area (Å²) in [6.45, 7) is 0.942.